The lowest BCUT2D eigenvalue weighted by Gasteiger charge is -2.19. The van der Waals surface area contributed by atoms with Crippen LogP contribution in [-0.2, 0) is 0 Å². The highest BCUT2D eigenvalue weighted by atomic mass is 35.5. The van der Waals surface area contributed by atoms with Crippen LogP contribution in [0.2, 0.25) is 4.34 Å². The van der Waals surface area contributed by atoms with Gasteiger partial charge in [-0.2, -0.15) is 0 Å². The summed E-state index contributed by atoms with van der Waals surface area (Å²) in [4.78, 5) is 27.0. The van der Waals surface area contributed by atoms with E-state index in [1.54, 1.807) is 18.2 Å². The van der Waals surface area contributed by atoms with Crippen molar-refractivity contribution in [1.29, 1.82) is 5.41 Å². The fraction of sp³-hybridized carbons (Fsp3) is 0.250. The van der Waals surface area contributed by atoms with Gasteiger partial charge in [-0.15, -0.1) is 11.3 Å². The molecule has 3 rings (SSSR count). The maximum atomic E-state index is 12.5. The molecule has 0 aliphatic carbocycles. The summed E-state index contributed by atoms with van der Waals surface area (Å²) < 4.78 is 0.572. The zero-order chi connectivity index (χ0) is 20.1. The molecule has 28 heavy (non-hydrogen) atoms. The zero-order valence-corrected chi connectivity index (χ0v) is 17.7. The maximum absolute atomic E-state index is 12.5. The van der Waals surface area contributed by atoms with Crippen molar-refractivity contribution in [3.8, 4) is 0 Å². The van der Waals surface area contributed by atoms with Gasteiger partial charge in [-0.1, -0.05) is 41.6 Å². The second-order valence-corrected chi connectivity index (χ2v) is 9.03. The first-order valence-corrected chi connectivity index (χ1v) is 10.9. The van der Waals surface area contributed by atoms with Crippen LogP contribution in [0.4, 0.5) is 0 Å². The number of rotatable bonds is 6. The van der Waals surface area contributed by atoms with Crippen LogP contribution in [0.25, 0.3) is 0 Å². The number of aryl methyl sites for hydroxylation is 1. The second kappa shape index (κ2) is 9.41. The van der Waals surface area contributed by atoms with E-state index >= 15 is 0 Å². The number of amides is 1. The van der Waals surface area contributed by atoms with Crippen molar-refractivity contribution in [1.82, 2.24) is 10.2 Å². The van der Waals surface area contributed by atoms with Crippen LogP contribution in [0, 0.1) is 12.3 Å². The summed E-state index contributed by atoms with van der Waals surface area (Å²) in [6, 6.07) is 8.86. The minimum absolute atomic E-state index is 0.0353. The molecular weight excluding hydrogens is 414 g/mol. The summed E-state index contributed by atoms with van der Waals surface area (Å²) in [5, 5.41) is 11.1. The number of carbonyl (C=O) groups excluding carboxylic acids is 2. The van der Waals surface area contributed by atoms with E-state index in [1.807, 2.05) is 36.1 Å². The molecule has 0 saturated carbocycles. The van der Waals surface area contributed by atoms with E-state index in [0.717, 1.165) is 24.2 Å². The molecule has 1 aromatic carbocycles. The van der Waals surface area contributed by atoms with Gasteiger partial charge >= 0.3 is 0 Å². The van der Waals surface area contributed by atoms with Gasteiger partial charge in [0.05, 0.1) is 9.21 Å². The van der Waals surface area contributed by atoms with Gasteiger partial charge in [0.15, 0.2) is 0 Å². The topological polar surface area (TPSA) is 73.3 Å². The van der Waals surface area contributed by atoms with E-state index in [2.05, 4.69) is 5.32 Å². The van der Waals surface area contributed by atoms with Gasteiger partial charge in [0.2, 0.25) is 5.12 Å². The molecule has 0 spiro atoms. The van der Waals surface area contributed by atoms with Crippen molar-refractivity contribution in [3.63, 3.8) is 0 Å². The SMILES string of the molecule is Cc1cc(C(=N)N2CC=CC2)ccc1C(=O)SCCNC(=O)c1ccc(Cl)s1. The first-order valence-electron chi connectivity index (χ1n) is 8.76. The Hall–Kier alpha value is -2.09. The molecule has 2 heterocycles. The molecule has 2 aromatic rings. The number of nitrogens with one attached hydrogen (secondary N) is 2. The Morgan fingerprint density at radius 1 is 1.25 bits per heavy atom. The number of thioether (sulfide) groups is 1. The third kappa shape index (κ3) is 5.04. The summed E-state index contributed by atoms with van der Waals surface area (Å²) in [6.45, 7) is 3.78. The van der Waals surface area contributed by atoms with Crippen molar-refractivity contribution >= 4 is 51.6 Å². The highest BCUT2D eigenvalue weighted by molar-refractivity contribution is 8.14. The number of amidine groups is 1. The molecule has 0 saturated heterocycles. The van der Waals surface area contributed by atoms with Crippen molar-refractivity contribution in [2.45, 2.75) is 6.92 Å². The summed E-state index contributed by atoms with van der Waals surface area (Å²) in [6.07, 6.45) is 4.09. The van der Waals surface area contributed by atoms with Gasteiger partial charge in [0, 0.05) is 36.5 Å². The van der Waals surface area contributed by atoms with Gasteiger partial charge in [-0.3, -0.25) is 15.0 Å². The van der Waals surface area contributed by atoms with E-state index in [4.69, 9.17) is 17.0 Å². The van der Waals surface area contributed by atoms with Crippen LogP contribution in [0.15, 0.2) is 42.5 Å². The molecule has 5 nitrogen and oxygen atoms in total. The average Bonchev–Trinajstić information content (AvgIpc) is 3.36. The zero-order valence-electron chi connectivity index (χ0n) is 15.3. The van der Waals surface area contributed by atoms with Crippen LogP contribution >= 0.6 is 34.7 Å². The first-order chi connectivity index (χ1) is 13.5. The van der Waals surface area contributed by atoms with Gasteiger partial charge in [-0.05, 0) is 36.8 Å². The molecule has 1 amide bonds. The number of hydrogen-bond acceptors (Lipinski definition) is 5. The number of hydrogen-bond donors (Lipinski definition) is 2. The summed E-state index contributed by atoms with van der Waals surface area (Å²) in [5.74, 6) is 0.775. The standard InChI is InChI=1S/C20H20ClN3O2S2/c1-13-12-14(18(22)24-9-2-3-10-24)4-5-15(13)20(26)27-11-8-23-19(25)16-6-7-17(21)28-16/h2-7,12,22H,8-11H2,1H3,(H,23,25). The molecule has 0 bridgehead atoms. The predicted octanol–water partition coefficient (Wildman–Crippen LogP) is 4.21. The van der Waals surface area contributed by atoms with Crippen molar-refractivity contribution in [2.24, 2.45) is 0 Å². The predicted molar refractivity (Wildman–Crippen MR) is 117 cm³/mol. The average molecular weight is 434 g/mol. The highest BCUT2D eigenvalue weighted by Crippen LogP contribution is 2.21. The quantitative estimate of drug-likeness (QED) is 0.310. The molecule has 1 aromatic heterocycles. The Bertz CT molecular complexity index is 931. The monoisotopic (exact) mass is 433 g/mol. The minimum atomic E-state index is -0.180. The lowest BCUT2D eigenvalue weighted by atomic mass is 10.0. The Labute approximate surface area is 177 Å². The van der Waals surface area contributed by atoms with Crippen LogP contribution in [0.3, 0.4) is 0 Å². The number of halogens is 1. The Balaban J connectivity index is 1.50. The smallest absolute Gasteiger partial charge is 0.261 e. The summed E-state index contributed by atoms with van der Waals surface area (Å²) in [5.41, 5.74) is 2.30. The van der Waals surface area contributed by atoms with Gasteiger partial charge < -0.3 is 10.2 Å². The van der Waals surface area contributed by atoms with Crippen molar-refractivity contribution in [2.75, 3.05) is 25.4 Å². The molecule has 0 unspecified atom stereocenters. The van der Waals surface area contributed by atoms with Crippen LogP contribution in [-0.4, -0.2) is 47.1 Å². The van der Waals surface area contributed by atoms with E-state index in [0.29, 0.717) is 32.9 Å². The van der Waals surface area contributed by atoms with Gasteiger partial charge in [0.25, 0.3) is 5.91 Å². The van der Waals surface area contributed by atoms with Crippen LogP contribution < -0.4 is 5.32 Å². The largest absolute Gasteiger partial charge is 0.350 e. The van der Waals surface area contributed by atoms with Crippen LogP contribution in [0.5, 0.6) is 0 Å². The molecule has 1 aliphatic heterocycles. The summed E-state index contributed by atoms with van der Waals surface area (Å²) in [7, 11) is 0. The van der Waals surface area contributed by atoms with Crippen molar-refractivity contribution in [3.05, 3.63) is 68.4 Å². The summed E-state index contributed by atoms with van der Waals surface area (Å²) >= 11 is 8.23. The second-order valence-electron chi connectivity index (χ2n) is 6.25. The van der Waals surface area contributed by atoms with Gasteiger partial charge in [-0.25, -0.2) is 0 Å². The third-order valence-corrected chi connectivity index (χ3v) is 6.39. The number of benzene rings is 1. The van der Waals surface area contributed by atoms with Crippen LogP contribution in [0.1, 0.15) is 31.2 Å². The first kappa shape index (κ1) is 20.6. The number of carbonyl (C=O) groups is 2. The molecule has 2 N–H and O–H groups in total. The van der Waals surface area contributed by atoms with E-state index < -0.39 is 0 Å². The van der Waals surface area contributed by atoms with Crippen molar-refractivity contribution < 1.29 is 9.59 Å². The molecule has 146 valence electrons. The Morgan fingerprint density at radius 3 is 2.64 bits per heavy atom. The van der Waals surface area contributed by atoms with Gasteiger partial charge in [0.1, 0.15) is 5.84 Å². The maximum Gasteiger partial charge on any atom is 0.261 e. The lowest BCUT2D eigenvalue weighted by Crippen LogP contribution is -2.28. The molecule has 0 atom stereocenters. The fourth-order valence-corrected chi connectivity index (χ4v) is 4.53. The Morgan fingerprint density at radius 2 is 2.00 bits per heavy atom. The highest BCUT2D eigenvalue weighted by Gasteiger charge is 2.16. The number of thiophene rings is 1. The molecule has 8 heteroatoms. The molecule has 0 fully saturated rings. The lowest BCUT2D eigenvalue weighted by molar-refractivity contribution is 0.0959. The molecule has 1 aliphatic rings. The number of nitrogens with zero attached hydrogens (tertiary/aromatic N) is 1. The molecular formula is C20H20ClN3O2S2. The minimum Gasteiger partial charge on any atom is -0.350 e. The Kier molecular flexibility index (Phi) is 6.93. The van der Waals surface area contributed by atoms with E-state index in [1.165, 1.54) is 23.1 Å². The third-order valence-electron chi connectivity index (χ3n) is 4.27. The van der Waals surface area contributed by atoms with E-state index in [-0.39, 0.29) is 11.0 Å². The van der Waals surface area contributed by atoms with E-state index in [9.17, 15) is 9.59 Å². The molecule has 0 radical (unpaired) electrons. The normalized spacial score (nSPS) is 13.0. The fourth-order valence-electron chi connectivity index (χ4n) is 2.79.